The van der Waals surface area contributed by atoms with Gasteiger partial charge in [0.15, 0.2) is 0 Å². The lowest BCUT2D eigenvalue weighted by atomic mass is 10.2. The van der Waals surface area contributed by atoms with Gasteiger partial charge in [0.1, 0.15) is 5.82 Å². The number of nitrogens with zero attached hydrogens (tertiary/aromatic N) is 4. The molecule has 24 heavy (non-hydrogen) atoms. The van der Waals surface area contributed by atoms with Crippen molar-refractivity contribution in [3.8, 4) is 0 Å². The first kappa shape index (κ1) is 14.9. The lowest BCUT2D eigenvalue weighted by molar-refractivity contribution is 0.0730. The quantitative estimate of drug-likeness (QED) is 0.804. The number of H-pyrrole nitrogens is 1. The zero-order valence-electron chi connectivity index (χ0n) is 13.9. The summed E-state index contributed by atoms with van der Waals surface area (Å²) in [5.41, 5.74) is 2.60. The molecule has 1 amide bonds. The van der Waals surface area contributed by atoms with E-state index in [1.54, 1.807) is 6.20 Å². The third kappa shape index (κ3) is 2.48. The summed E-state index contributed by atoms with van der Waals surface area (Å²) in [7, 11) is 0. The van der Waals surface area contributed by atoms with Gasteiger partial charge in [-0.15, -0.1) is 0 Å². The number of aromatic nitrogens is 4. The van der Waals surface area contributed by atoms with Crippen LogP contribution in [0, 0.1) is 0 Å². The Kier molecular flexibility index (Phi) is 3.59. The molecule has 0 spiro atoms. The molecule has 0 aliphatic carbocycles. The maximum absolute atomic E-state index is 12.9. The average molecular weight is 323 g/mol. The van der Waals surface area contributed by atoms with E-state index in [0.717, 1.165) is 36.2 Å². The van der Waals surface area contributed by atoms with E-state index in [0.29, 0.717) is 5.56 Å². The molecule has 1 fully saturated rings. The number of amides is 1. The number of hydrogen-bond acceptors (Lipinski definition) is 3. The third-order valence-electron chi connectivity index (χ3n) is 4.61. The van der Waals surface area contributed by atoms with E-state index in [1.807, 2.05) is 53.9 Å². The molecule has 1 saturated heterocycles. The zero-order valence-corrected chi connectivity index (χ0v) is 13.9. The first-order valence-electron chi connectivity index (χ1n) is 8.43. The molecule has 3 heterocycles. The second-order valence-corrected chi connectivity index (χ2v) is 6.60. The number of likely N-dealkylation sites (tertiary alicyclic amines) is 1. The van der Waals surface area contributed by atoms with Crippen molar-refractivity contribution in [1.82, 2.24) is 24.6 Å². The van der Waals surface area contributed by atoms with E-state index in [-0.39, 0.29) is 18.0 Å². The normalized spacial score (nSPS) is 18.0. The fraction of sp³-hybridized carbons (Fsp3) is 0.389. The van der Waals surface area contributed by atoms with Crippen LogP contribution in [0.25, 0.3) is 11.0 Å². The molecule has 6 nitrogen and oxygen atoms in total. The van der Waals surface area contributed by atoms with Crippen molar-refractivity contribution >= 4 is 16.9 Å². The highest BCUT2D eigenvalue weighted by molar-refractivity contribution is 5.94. The van der Waals surface area contributed by atoms with Crippen LogP contribution in [-0.2, 0) is 0 Å². The summed E-state index contributed by atoms with van der Waals surface area (Å²) in [6, 6.07) is 8.22. The number of carbonyl (C=O) groups excluding carboxylic acids is 1. The van der Waals surface area contributed by atoms with Crippen LogP contribution in [0.3, 0.4) is 0 Å². The van der Waals surface area contributed by atoms with Crippen molar-refractivity contribution in [2.45, 2.75) is 38.8 Å². The van der Waals surface area contributed by atoms with Crippen LogP contribution in [0.5, 0.6) is 0 Å². The number of aromatic amines is 1. The fourth-order valence-electron chi connectivity index (χ4n) is 3.32. The minimum atomic E-state index is 0.00676. The van der Waals surface area contributed by atoms with E-state index in [1.165, 1.54) is 0 Å². The smallest absolute Gasteiger partial charge is 0.257 e. The summed E-state index contributed by atoms with van der Waals surface area (Å²) < 4.78 is 1.82. The summed E-state index contributed by atoms with van der Waals surface area (Å²) >= 11 is 0. The Labute approximate surface area is 140 Å². The first-order chi connectivity index (χ1) is 11.6. The Morgan fingerprint density at radius 2 is 2.17 bits per heavy atom. The summed E-state index contributed by atoms with van der Waals surface area (Å²) in [6.07, 6.45) is 5.42. The lowest BCUT2D eigenvalue weighted by Gasteiger charge is -2.22. The van der Waals surface area contributed by atoms with Crippen molar-refractivity contribution in [3.63, 3.8) is 0 Å². The number of benzene rings is 1. The molecule has 1 aliphatic rings. The number of fused-ring (bicyclic) bond motifs is 1. The zero-order chi connectivity index (χ0) is 16.7. The molecule has 1 atom stereocenters. The van der Waals surface area contributed by atoms with Gasteiger partial charge in [0.25, 0.3) is 5.91 Å². The molecule has 0 bridgehead atoms. The molecule has 4 rings (SSSR count). The number of hydrogen-bond donors (Lipinski definition) is 1. The maximum Gasteiger partial charge on any atom is 0.257 e. The average Bonchev–Trinajstić information content (AvgIpc) is 3.30. The Morgan fingerprint density at radius 3 is 2.92 bits per heavy atom. The fourth-order valence-corrected chi connectivity index (χ4v) is 3.32. The van der Waals surface area contributed by atoms with E-state index in [4.69, 9.17) is 0 Å². The predicted octanol–water partition coefficient (Wildman–Crippen LogP) is 3.32. The second kappa shape index (κ2) is 5.78. The second-order valence-electron chi connectivity index (χ2n) is 6.60. The van der Waals surface area contributed by atoms with Crippen LogP contribution in [0.4, 0.5) is 0 Å². The Balaban J connectivity index is 1.62. The van der Waals surface area contributed by atoms with Crippen molar-refractivity contribution in [1.29, 1.82) is 0 Å². The standard InChI is InChI=1S/C18H21N5O/c1-12(2)23-11-13(10-19-23)18(24)22-9-5-8-16(22)17-20-14-6-3-4-7-15(14)21-17/h3-4,6-7,10-12,16H,5,8-9H2,1-2H3,(H,20,21)/t16-/m1/s1. The topological polar surface area (TPSA) is 66.8 Å². The SMILES string of the molecule is CC(C)n1cc(C(=O)N2CCC[C@@H]2c2nc3ccccc3[nH]2)cn1. The summed E-state index contributed by atoms with van der Waals surface area (Å²) in [5, 5.41) is 4.29. The predicted molar refractivity (Wildman–Crippen MR) is 91.7 cm³/mol. The molecular formula is C18H21N5O. The number of carbonyl (C=O) groups is 1. The molecular weight excluding hydrogens is 302 g/mol. The Morgan fingerprint density at radius 1 is 1.33 bits per heavy atom. The van der Waals surface area contributed by atoms with Crippen LogP contribution in [0.2, 0.25) is 0 Å². The molecule has 1 N–H and O–H groups in total. The van der Waals surface area contributed by atoms with E-state index in [9.17, 15) is 4.79 Å². The van der Waals surface area contributed by atoms with Crippen LogP contribution >= 0.6 is 0 Å². The minimum Gasteiger partial charge on any atom is -0.340 e. The lowest BCUT2D eigenvalue weighted by Crippen LogP contribution is -2.30. The van der Waals surface area contributed by atoms with E-state index < -0.39 is 0 Å². The van der Waals surface area contributed by atoms with Gasteiger partial charge >= 0.3 is 0 Å². The molecule has 0 unspecified atom stereocenters. The molecule has 0 saturated carbocycles. The van der Waals surface area contributed by atoms with Gasteiger partial charge in [-0.1, -0.05) is 12.1 Å². The highest BCUT2D eigenvalue weighted by atomic mass is 16.2. The van der Waals surface area contributed by atoms with Crippen molar-refractivity contribution in [2.24, 2.45) is 0 Å². The van der Waals surface area contributed by atoms with Crippen LogP contribution in [0.1, 0.15) is 55.0 Å². The van der Waals surface area contributed by atoms with Gasteiger partial charge in [-0.3, -0.25) is 9.48 Å². The largest absolute Gasteiger partial charge is 0.340 e. The van der Waals surface area contributed by atoms with E-state index >= 15 is 0 Å². The van der Waals surface area contributed by atoms with Crippen LogP contribution < -0.4 is 0 Å². The molecule has 1 aliphatic heterocycles. The van der Waals surface area contributed by atoms with Gasteiger partial charge in [0.05, 0.1) is 28.8 Å². The number of imidazole rings is 1. The van der Waals surface area contributed by atoms with Gasteiger partial charge < -0.3 is 9.88 Å². The summed E-state index contributed by atoms with van der Waals surface area (Å²) in [4.78, 5) is 22.9. The maximum atomic E-state index is 12.9. The van der Waals surface area contributed by atoms with Gasteiger partial charge in [-0.2, -0.15) is 5.10 Å². The highest BCUT2D eigenvalue weighted by Gasteiger charge is 2.33. The molecule has 0 radical (unpaired) electrons. The first-order valence-corrected chi connectivity index (χ1v) is 8.43. The van der Waals surface area contributed by atoms with Gasteiger partial charge in [-0.25, -0.2) is 4.98 Å². The number of nitrogens with one attached hydrogen (secondary N) is 1. The highest BCUT2D eigenvalue weighted by Crippen LogP contribution is 2.32. The number of para-hydroxylation sites is 2. The van der Waals surface area contributed by atoms with Crippen LogP contribution in [-0.4, -0.2) is 37.1 Å². The van der Waals surface area contributed by atoms with Crippen molar-refractivity contribution in [3.05, 3.63) is 48.0 Å². The number of rotatable bonds is 3. The molecule has 2 aromatic heterocycles. The summed E-state index contributed by atoms with van der Waals surface area (Å²) in [5.74, 6) is 0.906. The Hall–Kier alpha value is -2.63. The minimum absolute atomic E-state index is 0.00676. The molecule has 124 valence electrons. The monoisotopic (exact) mass is 323 g/mol. The Bertz CT molecular complexity index is 845. The van der Waals surface area contributed by atoms with Crippen molar-refractivity contribution in [2.75, 3.05) is 6.54 Å². The molecule has 1 aromatic carbocycles. The van der Waals surface area contributed by atoms with Gasteiger partial charge in [0.2, 0.25) is 0 Å². The van der Waals surface area contributed by atoms with Gasteiger partial charge in [0, 0.05) is 18.8 Å². The van der Waals surface area contributed by atoms with Crippen LogP contribution in [0.15, 0.2) is 36.7 Å². The third-order valence-corrected chi connectivity index (χ3v) is 4.61. The van der Waals surface area contributed by atoms with E-state index in [2.05, 4.69) is 15.1 Å². The molecule has 6 heteroatoms. The van der Waals surface area contributed by atoms with Gasteiger partial charge in [-0.05, 0) is 38.8 Å². The molecule has 3 aromatic rings. The summed E-state index contributed by atoms with van der Waals surface area (Å²) in [6.45, 7) is 4.86. The van der Waals surface area contributed by atoms with Crippen molar-refractivity contribution < 1.29 is 4.79 Å².